The fourth-order valence-electron chi connectivity index (χ4n) is 3.15. The molecule has 1 aliphatic heterocycles. The number of rotatable bonds is 7. The number of hydrogen-bond donors (Lipinski definition) is 1. The molecular weight excluding hydrogens is 308 g/mol. The van der Waals surface area contributed by atoms with Gasteiger partial charge in [0.1, 0.15) is 0 Å². The second-order valence-corrected chi connectivity index (χ2v) is 7.07. The molecule has 0 aliphatic carbocycles. The first kappa shape index (κ1) is 16.2. The number of aromatic nitrogens is 2. The third kappa shape index (κ3) is 4.91. The number of thiophene rings is 1. The summed E-state index contributed by atoms with van der Waals surface area (Å²) < 4.78 is 1.98. The first-order valence-electron chi connectivity index (χ1n) is 8.32. The maximum absolute atomic E-state index is 12.2. The number of amides is 1. The van der Waals surface area contributed by atoms with Gasteiger partial charge in [0.25, 0.3) is 0 Å². The number of hydrogen-bond acceptors (Lipinski definition) is 4. The summed E-state index contributed by atoms with van der Waals surface area (Å²) in [6.07, 6.45) is 8.50. The normalized spacial score (nSPS) is 18.9. The van der Waals surface area contributed by atoms with E-state index in [1.165, 1.54) is 24.1 Å². The van der Waals surface area contributed by atoms with E-state index in [4.69, 9.17) is 0 Å². The smallest absolute Gasteiger partial charge is 0.234 e. The summed E-state index contributed by atoms with van der Waals surface area (Å²) in [6, 6.07) is 6.51. The van der Waals surface area contributed by atoms with Crippen molar-refractivity contribution in [3.05, 3.63) is 40.8 Å². The standard InChI is InChI=1S/C17H24N4OS/c22-17(18-13-16-6-3-12-23-16)14-20-9-2-1-5-15(20)7-11-21-10-4-8-19-21/h3-4,6,8,10,12,15H,1-2,5,7,9,11,13-14H2,(H,18,22)/t15-/m1/s1. The lowest BCUT2D eigenvalue weighted by Gasteiger charge is -2.35. The van der Waals surface area contributed by atoms with Gasteiger partial charge < -0.3 is 5.32 Å². The molecule has 1 N–H and O–H groups in total. The molecule has 0 saturated carbocycles. The highest BCUT2D eigenvalue weighted by Crippen LogP contribution is 2.20. The Balaban J connectivity index is 1.46. The van der Waals surface area contributed by atoms with E-state index < -0.39 is 0 Å². The van der Waals surface area contributed by atoms with Gasteiger partial charge in [0, 0.05) is 29.9 Å². The molecule has 1 amide bonds. The van der Waals surface area contributed by atoms with E-state index in [9.17, 15) is 4.79 Å². The minimum absolute atomic E-state index is 0.129. The Kier molecular flexibility index (Phi) is 5.82. The average molecular weight is 332 g/mol. The number of carbonyl (C=O) groups is 1. The van der Waals surface area contributed by atoms with Crippen LogP contribution in [0.1, 0.15) is 30.6 Å². The van der Waals surface area contributed by atoms with Gasteiger partial charge in [0.05, 0.1) is 13.1 Å². The molecule has 3 heterocycles. The first-order valence-corrected chi connectivity index (χ1v) is 9.20. The molecule has 2 aromatic rings. The van der Waals surface area contributed by atoms with E-state index in [1.807, 2.05) is 34.6 Å². The van der Waals surface area contributed by atoms with Gasteiger partial charge in [-0.25, -0.2) is 0 Å². The van der Waals surface area contributed by atoms with Gasteiger partial charge in [-0.2, -0.15) is 5.10 Å². The molecule has 1 atom stereocenters. The molecule has 23 heavy (non-hydrogen) atoms. The van der Waals surface area contributed by atoms with Gasteiger partial charge in [-0.1, -0.05) is 12.5 Å². The molecule has 1 saturated heterocycles. The maximum Gasteiger partial charge on any atom is 0.234 e. The van der Waals surface area contributed by atoms with Crippen molar-refractivity contribution in [1.82, 2.24) is 20.0 Å². The van der Waals surface area contributed by atoms with Gasteiger partial charge in [-0.15, -0.1) is 11.3 Å². The van der Waals surface area contributed by atoms with Crippen LogP contribution in [0.3, 0.4) is 0 Å². The molecule has 2 aromatic heterocycles. The SMILES string of the molecule is O=C(CN1CCCC[C@@H]1CCn1cccn1)NCc1cccs1. The van der Waals surface area contributed by atoms with Gasteiger partial charge in [0.2, 0.25) is 5.91 Å². The summed E-state index contributed by atoms with van der Waals surface area (Å²) in [5.74, 6) is 0.129. The minimum Gasteiger partial charge on any atom is -0.350 e. The van der Waals surface area contributed by atoms with Crippen LogP contribution in [0.5, 0.6) is 0 Å². The van der Waals surface area contributed by atoms with Gasteiger partial charge >= 0.3 is 0 Å². The molecule has 0 aromatic carbocycles. The summed E-state index contributed by atoms with van der Waals surface area (Å²) in [6.45, 7) is 3.10. The van der Waals surface area contributed by atoms with Crippen molar-refractivity contribution in [3.8, 4) is 0 Å². The molecule has 0 bridgehead atoms. The second kappa shape index (κ2) is 8.26. The number of carbonyl (C=O) groups excluding carboxylic acids is 1. The van der Waals surface area contributed by atoms with Crippen LogP contribution in [-0.2, 0) is 17.9 Å². The summed E-state index contributed by atoms with van der Waals surface area (Å²) in [5.41, 5.74) is 0. The summed E-state index contributed by atoms with van der Waals surface area (Å²) in [5, 5.41) is 9.34. The molecule has 1 aliphatic rings. The Bertz CT molecular complexity index is 582. The van der Waals surface area contributed by atoms with Gasteiger partial charge in [-0.05, 0) is 43.3 Å². The van der Waals surface area contributed by atoms with Crippen molar-refractivity contribution in [2.75, 3.05) is 13.1 Å². The Morgan fingerprint density at radius 1 is 1.39 bits per heavy atom. The highest BCUT2D eigenvalue weighted by Gasteiger charge is 2.24. The van der Waals surface area contributed by atoms with E-state index in [0.29, 0.717) is 19.1 Å². The van der Waals surface area contributed by atoms with Gasteiger partial charge in [-0.3, -0.25) is 14.4 Å². The Morgan fingerprint density at radius 3 is 3.13 bits per heavy atom. The topological polar surface area (TPSA) is 50.2 Å². The molecule has 3 rings (SSSR count). The van der Waals surface area contributed by atoms with Crippen LogP contribution in [-0.4, -0.2) is 39.7 Å². The van der Waals surface area contributed by atoms with Crippen molar-refractivity contribution in [3.63, 3.8) is 0 Å². The number of aryl methyl sites for hydroxylation is 1. The van der Waals surface area contributed by atoms with Crippen LogP contribution in [0.2, 0.25) is 0 Å². The lowest BCUT2D eigenvalue weighted by molar-refractivity contribution is -0.123. The van der Waals surface area contributed by atoms with Crippen molar-refractivity contribution >= 4 is 17.2 Å². The summed E-state index contributed by atoms with van der Waals surface area (Å²) >= 11 is 1.68. The van der Waals surface area contributed by atoms with Crippen LogP contribution < -0.4 is 5.32 Å². The van der Waals surface area contributed by atoms with E-state index in [-0.39, 0.29) is 5.91 Å². The zero-order valence-corrected chi connectivity index (χ0v) is 14.2. The predicted octanol–water partition coefficient (Wildman–Crippen LogP) is 2.51. The number of nitrogens with one attached hydrogen (secondary N) is 1. The van der Waals surface area contributed by atoms with E-state index in [0.717, 1.165) is 19.5 Å². The molecule has 124 valence electrons. The third-order valence-electron chi connectivity index (χ3n) is 4.39. The molecule has 0 spiro atoms. The molecular formula is C17H24N4OS. The molecule has 0 unspecified atom stereocenters. The summed E-state index contributed by atoms with van der Waals surface area (Å²) in [7, 11) is 0. The average Bonchev–Trinajstić information content (AvgIpc) is 3.26. The van der Waals surface area contributed by atoms with Crippen molar-refractivity contribution in [1.29, 1.82) is 0 Å². The number of nitrogens with zero attached hydrogens (tertiary/aromatic N) is 3. The number of piperidine rings is 1. The largest absolute Gasteiger partial charge is 0.350 e. The van der Waals surface area contributed by atoms with Crippen molar-refractivity contribution in [2.24, 2.45) is 0 Å². The number of likely N-dealkylation sites (tertiary alicyclic amines) is 1. The maximum atomic E-state index is 12.2. The molecule has 5 nitrogen and oxygen atoms in total. The fraction of sp³-hybridized carbons (Fsp3) is 0.529. The highest BCUT2D eigenvalue weighted by atomic mass is 32.1. The van der Waals surface area contributed by atoms with Crippen molar-refractivity contribution in [2.45, 2.75) is 44.8 Å². The van der Waals surface area contributed by atoms with Gasteiger partial charge in [0.15, 0.2) is 0 Å². The Morgan fingerprint density at radius 2 is 2.35 bits per heavy atom. The zero-order valence-electron chi connectivity index (χ0n) is 13.4. The molecule has 0 radical (unpaired) electrons. The molecule has 1 fully saturated rings. The fourth-order valence-corrected chi connectivity index (χ4v) is 3.79. The van der Waals surface area contributed by atoms with E-state index in [1.54, 1.807) is 11.3 Å². The van der Waals surface area contributed by atoms with Crippen LogP contribution in [0.4, 0.5) is 0 Å². The van der Waals surface area contributed by atoms with E-state index >= 15 is 0 Å². The first-order chi connectivity index (χ1) is 11.3. The second-order valence-electron chi connectivity index (χ2n) is 6.03. The summed E-state index contributed by atoms with van der Waals surface area (Å²) in [4.78, 5) is 15.8. The van der Waals surface area contributed by atoms with Crippen molar-refractivity contribution < 1.29 is 4.79 Å². The quantitative estimate of drug-likeness (QED) is 0.847. The van der Waals surface area contributed by atoms with Crippen LogP contribution in [0.15, 0.2) is 36.0 Å². The predicted molar refractivity (Wildman–Crippen MR) is 92.2 cm³/mol. The van der Waals surface area contributed by atoms with Crippen LogP contribution in [0.25, 0.3) is 0 Å². The molecule has 6 heteroatoms. The van der Waals surface area contributed by atoms with Crippen LogP contribution >= 0.6 is 11.3 Å². The third-order valence-corrected chi connectivity index (χ3v) is 5.26. The van der Waals surface area contributed by atoms with Crippen LogP contribution in [0, 0.1) is 0 Å². The lowest BCUT2D eigenvalue weighted by atomic mass is 9.99. The Labute approximate surface area is 141 Å². The lowest BCUT2D eigenvalue weighted by Crippen LogP contribution is -2.45. The highest BCUT2D eigenvalue weighted by molar-refractivity contribution is 7.09. The Hall–Kier alpha value is -1.66. The van der Waals surface area contributed by atoms with E-state index in [2.05, 4.69) is 21.4 Å². The zero-order chi connectivity index (χ0) is 15.9. The monoisotopic (exact) mass is 332 g/mol. The minimum atomic E-state index is 0.129.